The first-order valence-corrected chi connectivity index (χ1v) is 13.8. The summed E-state index contributed by atoms with van der Waals surface area (Å²) in [4.78, 5) is 28.9. The number of amides is 2. The number of guanidine groups is 1. The largest absolute Gasteiger partial charge is 0.370 e. The zero-order valence-electron chi connectivity index (χ0n) is 20.7. The predicted octanol–water partition coefficient (Wildman–Crippen LogP) is 1.60. The summed E-state index contributed by atoms with van der Waals surface area (Å²) in [5.41, 5.74) is 11.0. The van der Waals surface area contributed by atoms with E-state index in [1.807, 2.05) is 31.2 Å². The van der Waals surface area contributed by atoms with E-state index < -0.39 is 34.3 Å². The number of fused-ring (bicyclic) bond motifs is 1. The fraction of sp³-hybridized carbons (Fsp3) is 0.480. The van der Waals surface area contributed by atoms with Gasteiger partial charge in [0, 0.05) is 26.2 Å². The van der Waals surface area contributed by atoms with Crippen LogP contribution < -0.4 is 16.2 Å². The molecule has 2 aromatic carbocycles. The summed E-state index contributed by atoms with van der Waals surface area (Å²) in [5, 5.41) is 9.25. The van der Waals surface area contributed by atoms with Crippen molar-refractivity contribution in [3.05, 3.63) is 42.5 Å². The van der Waals surface area contributed by atoms with E-state index in [2.05, 4.69) is 4.72 Å². The lowest BCUT2D eigenvalue weighted by Gasteiger charge is -2.36. The number of nitrogens with one attached hydrogen (secondary N) is 2. The first-order chi connectivity index (χ1) is 17.1. The number of unbranched alkanes of at least 4 members (excludes halogenated alkanes) is 1. The SMILES string of the molecule is CCCCN(CC1CCN(C(=N)N)CC1)C(=O)C(CC(N)=O)NS(=O)(=O)c1ccc2ccccc2c1. The van der Waals surface area contributed by atoms with Crippen molar-refractivity contribution in [2.45, 2.75) is 50.0 Å². The van der Waals surface area contributed by atoms with E-state index >= 15 is 0 Å². The predicted molar refractivity (Wildman–Crippen MR) is 140 cm³/mol. The summed E-state index contributed by atoms with van der Waals surface area (Å²) >= 11 is 0. The van der Waals surface area contributed by atoms with Crippen molar-refractivity contribution in [1.29, 1.82) is 5.41 Å². The standard InChI is InChI=1S/C25H36N6O4S/c1-2-3-12-31(17-18-10-13-30(14-11-18)25(27)28)24(33)22(16-23(26)32)29-36(34,35)21-9-8-19-6-4-5-7-20(19)15-21/h4-9,15,18,22,29H,2-3,10-14,16-17H2,1H3,(H2,26,32)(H3,27,28). The summed E-state index contributed by atoms with van der Waals surface area (Å²) < 4.78 is 28.9. The summed E-state index contributed by atoms with van der Waals surface area (Å²) in [6.07, 6.45) is 2.70. The van der Waals surface area contributed by atoms with Crippen molar-refractivity contribution in [1.82, 2.24) is 14.5 Å². The number of primary amides is 1. The molecule has 0 spiro atoms. The second-order valence-corrected chi connectivity index (χ2v) is 11.0. The highest BCUT2D eigenvalue weighted by molar-refractivity contribution is 7.89. The van der Waals surface area contributed by atoms with E-state index in [1.165, 1.54) is 6.07 Å². The first-order valence-electron chi connectivity index (χ1n) is 12.3. The Morgan fingerprint density at radius 3 is 2.42 bits per heavy atom. The van der Waals surface area contributed by atoms with Gasteiger partial charge in [-0.3, -0.25) is 15.0 Å². The molecule has 1 atom stereocenters. The highest BCUT2D eigenvalue weighted by atomic mass is 32.2. The minimum Gasteiger partial charge on any atom is -0.370 e. The minimum absolute atomic E-state index is 0.0141. The van der Waals surface area contributed by atoms with Crippen LogP contribution in [0.2, 0.25) is 0 Å². The Morgan fingerprint density at radius 2 is 1.81 bits per heavy atom. The van der Waals surface area contributed by atoms with Crippen LogP contribution >= 0.6 is 0 Å². The van der Waals surface area contributed by atoms with Gasteiger partial charge in [0.1, 0.15) is 6.04 Å². The second kappa shape index (κ2) is 12.2. The van der Waals surface area contributed by atoms with E-state index in [1.54, 1.807) is 21.9 Å². The van der Waals surface area contributed by atoms with Crippen LogP contribution in [0.5, 0.6) is 0 Å². The molecule has 2 amide bonds. The van der Waals surface area contributed by atoms with Crippen molar-refractivity contribution < 1.29 is 18.0 Å². The zero-order chi connectivity index (χ0) is 26.3. The van der Waals surface area contributed by atoms with Crippen molar-refractivity contribution in [2.75, 3.05) is 26.2 Å². The molecule has 1 aliphatic heterocycles. The number of nitrogens with two attached hydrogens (primary N) is 2. The molecular formula is C25H36N6O4S. The highest BCUT2D eigenvalue weighted by Gasteiger charge is 2.32. The first kappa shape index (κ1) is 27.4. The highest BCUT2D eigenvalue weighted by Crippen LogP contribution is 2.21. The number of nitrogens with zero attached hydrogens (tertiary/aromatic N) is 2. The van der Waals surface area contributed by atoms with Crippen molar-refractivity contribution in [3.8, 4) is 0 Å². The molecule has 1 saturated heterocycles. The van der Waals surface area contributed by atoms with Gasteiger partial charge in [-0.15, -0.1) is 0 Å². The Morgan fingerprint density at radius 1 is 1.14 bits per heavy atom. The third-order valence-corrected chi connectivity index (χ3v) is 8.03. The number of rotatable bonds is 11. The Hall–Kier alpha value is -3.18. The van der Waals surface area contributed by atoms with Gasteiger partial charge < -0.3 is 21.3 Å². The zero-order valence-corrected chi connectivity index (χ0v) is 21.5. The molecule has 2 aromatic rings. The Kier molecular flexibility index (Phi) is 9.27. The fourth-order valence-corrected chi connectivity index (χ4v) is 5.72. The van der Waals surface area contributed by atoms with E-state index in [9.17, 15) is 18.0 Å². The van der Waals surface area contributed by atoms with E-state index in [4.69, 9.17) is 16.9 Å². The van der Waals surface area contributed by atoms with Gasteiger partial charge in [0.15, 0.2) is 5.96 Å². The molecular weight excluding hydrogens is 480 g/mol. The number of hydrogen-bond acceptors (Lipinski definition) is 5. The van der Waals surface area contributed by atoms with Gasteiger partial charge in [0.2, 0.25) is 21.8 Å². The molecule has 11 heteroatoms. The molecule has 0 saturated carbocycles. The molecule has 36 heavy (non-hydrogen) atoms. The smallest absolute Gasteiger partial charge is 0.241 e. The van der Waals surface area contributed by atoms with Crippen LogP contribution in [0.4, 0.5) is 0 Å². The normalized spacial score (nSPS) is 15.5. The molecule has 1 fully saturated rings. The number of carbonyl (C=O) groups excluding carboxylic acids is 2. The number of benzene rings is 2. The molecule has 1 unspecified atom stereocenters. The monoisotopic (exact) mass is 516 g/mol. The molecule has 6 N–H and O–H groups in total. The maximum absolute atomic E-state index is 13.6. The number of sulfonamides is 1. The van der Waals surface area contributed by atoms with Crippen LogP contribution in [0.25, 0.3) is 10.8 Å². The molecule has 0 radical (unpaired) electrons. The van der Waals surface area contributed by atoms with Gasteiger partial charge in [-0.05, 0) is 48.1 Å². The van der Waals surface area contributed by atoms with Crippen LogP contribution in [0.1, 0.15) is 39.0 Å². The van der Waals surface area contributed by atoms with Gasteiger partial charge >= 0.3 is 0 Å². The van der Waals surface area contributed by atoms with Gasteiger partial charge in [-0.2, -0.15) is 4.72 Å². The Labute approximate surface area is 212 Å². The van der Waals surface area contributed by atoms with Crippen molar-refractivity contribution >= 4 is 38.6 Å². The summed E-state index contributed by atoms with van der Waals surface area (Å²) in [5.74, 6) is -0.995. The summed E-state index contributed by atoms with van der Waals surface area (Å²) in [6.45, 7) is 4.17. The lowest BCUT2D eigenvalue weighted by molar-refractivity contribution is -0.136. The third kappa shape index (κ3) is 7.17. The molecule has 3 rings (SSSR count). The minimum atomic E-state index is -4.09. The van der Waals surface area contributed by atoms with Crippen LogP contribution in [0.15, 0.2) is 47.4 Å². The average molecular weight is 517 g/mol. The Balaban J connectivity index is 1.79. The molecule has 196 valence electrons. The lowest BCUT2D eigenvalue weighted by Crippen LogP contribution is -2.52. The third-order valence-electron chi connectivity index (χ3n) is 6.56. The number of likely N-dealkylation sites (tertiary alicyclic amines) is 1. The molecule has 0 aliphatic carbocycles. The maximum Gasteiger partial charge on any atom is 0.241 e. The van der Waals surface area contributed by atoms with Crippen LogP contribution in [0.3, 0.4) is 0 Å². The number of carbonyl (C=O) groups is 2. The average Bonchev–Trinajstić information content (AvgIpc) is 2.85. The van der Waals surface area contributed by atoms with E-state index in [0.717, 1.165) is 36.5 Å². The van der Waals surface area contributed by atoms with Crippen LogP contribution in [0, 0.1) is 11.3 Å². The van der Waals surface area contributed by atoms with Gasteiger partial charge in [-0.25, -0.2) is 8.42 Å². The fourth-order valence-electron chi connectivity index (χ4n) is 4.50. The van der Waals surface area contributed by atoms with E-state index in [-0.39, 0.29) is 16.8 Å². The Bertz CT molecular complexity index is 1190. The van der Waals surface area contributed by atoms with Crippen molar-refractivity contribution in [3.63, 3.8) is 0 Å². The lowest BCUT2D eigenvalue weighted by atomic mass is 9.95. The second-order valence-electron chi connectivity index (χ2n) is 9.31. The molecule has 0 bridgehead atoms. The summed E-state index contributed by atoms with van der Waals surface area (Å²) in [6, 6.07) is 10.8. The van der Waals surface area contributed by atoms with E-state index in [0.29, 0.717) is 26.2 Å². The molecule has 10 nitrogen and oxygen atoms in total. The summed E-state index contributed by atoms with van der Waals surface area (Å²) in [7, 11) is -4.09. The number of hydrogen-bond donors (Lipinski definition) is 4. The quantitative estimate of drug-likeness (QED) is 0.262. The molecule has 1 heterocycles. The van der Waals surface area contributed by atoms with Gasteiger partial charge in [0.25, 0.3) is 0 Å². The molecule has 0 aromatic heterocycles. The van der Waals surface area contributed by atoms with Gasteiger partial charge in [-0.1, -0.05) is 43.7 Å². The topological polar surface area (TPSA) is 163 Å². The van der Waals surface area contributed by atoms with Gasteiger partial charge in [0.05, 0.1) is 11.3 Å². The maximum atomic E-state index is 13.6. The van der Waals surface area contributed by atoms with Crippen LogP contribution in [-0.2, 0) is 19.6 Å². The van der Waals surface area contributed by atoms with Crippen LogP contribution in [-0.4, -0.2) is 68.2 Å². The number of piperidine rings is 1. The molecule has 1 aliphatic rings. The van der Waals surface area contributed by atoms with Crippen molar-refractivity contribution in [2.24, 2.45) is 17.4 Å².